The van der Waals surface area contributed by atoms with Crippen molar-refractivity contribution in [1.82, 2.24) is 4.57 Å². The van der Waals surface area contributed by atoms with E-state index in [0.29, 0.717) is 14.5 Å². The van der Waals surface area contributed by atoms with Gasteiger partial charge in [-0.1, -0.05) is 48.5 Å². The van der Waals surface area contributed by atoms with Gasteiger partial charge < -0.3 is 0 Å². The zero-order chi connectivity index (χ0) is 34.2. The molecule has 244 valence electrons. The minimum Gasteiger partial charge on any atom is -0.0602 e. The molecule has 0 spiro atoms. The number of hydrogen-bond acceptors (Lipinski definition) is 2. The van der Waals surface area contributed by atoms with Crippen LogP contribution in [0.3, 0.4) is 0 Å². The fourth-order valence-electron chi connectivity index (χ4n) is 8.03. The van der Waals surface area contributed by atoms with Crippen molar-refractivity contribution in [3.8, 4) is 16.8 Å². The molecule has 3 nitrogen and oxygen atoms in total. The molecule has 8 aromatic carbocycles. The second-order valence-electron chi connectivity index (χ2n) is 13.3. The van der Waals surface area contributed by atoms with Crippen molar-refractivity contribution < 1.29 is 4.42 Å². The minimum absolute atomic E-state index is 0.325. The third-order valence-corrected chi connectivity index (χ3v) is 12.8. The zero-order valence-electron chi connectivity index (χ0n) is 28.0. The third kappa shape index (κ3) is 4.52. The van der Waals surface area contributed by atoms with Gasteiger partial charge in [0.1, 0.15) is 0 Å². The van der Waals surface area contributed by atoms with Crippen molar-refractivity contribution in [2.45, 2.75) is 0 Å². The van der Waals surface area contributed by atoms with Gasteiger partial charge in [0, 0.05) is 11.1 Å². The second kappa shape index (κ2) is 11.6. The van der Waals surface area contributed by atoms with Crippen LogP contribution in [0.15, 0.2) is 186 Å². The van der Waals surface area contributed by atoms with Crippen molar-refractivity contribution in [1.29, 1.82) is 0 Å². The Kier molecular flexibility index (Phi) is 6.57. The van der Waals surface area contributed by atoms with E-state index < -0.39 is 0 Å². The average molecular weight is 730 g/mol. The van der Waals surface area contributed by atoms with Gasteiger partial charge in [0.25, 0.3) is 0 Å². The predicted molar refractivity (Wildman–Crippen MR) is 220 cm³/mol. The van der Waals surface area contributed by atoms with E-state index in [-0.39, 0.29) is 0 Å². The summed E-state index contributed by atoms with van der Waals surface area (Å²) in [4.78, 5) is 2.39. The predicted octanol–water partition coefficient (Wildman–Crippen LogP) is 13.2. The first-order chi connectivity index (χ1) is 25.8. The minimum atomic E-state index is 0.325. The zero-order valence-corrected chi connectivity index (χ0v) is 29.7. The van der Waals surface area contributed by atoms with Crippen LogP contribution >= 0.6 is 0 Å². The summed E-state index contributed by atoms with van der Waals surface area (Å²) in [6.45, 7) is 0. The summed E-state index contributed by atoms with van der Waals surface area (Å²) < 4.78 is 11.7. The summed E-state index contributed by atoms with van der Waals surface area (Å²) in [7, 11) is 0. The van der Waals surface area contributed by atoms with Gasteiger partial charge in [0.2, 0.25) is 0 Å². The van der Waals surface area contributed by atoms with Crippen LogP contribution < -0.4 is 4.90 Å². The largest absolute Gasteiger partial charge is 0.0602 e. The van der Waals surface area contributed by atoms with Gasteiger partial charge in [-0.3, -0.25) is 0 Å². The van der Waals surface area contributed by atoms with Gasteiger partial charge in [-0.25, -0.2) is 0 Å². The fourth-order valence-corrected chi connectivity index (χ4v) is 10.4. The molecule has 11 rings (SSSR count). The number of hydrogen-bond donors (Lipinski definition) is 0. The van der Waals surface area contributed by atoms with Crippen LogP contribution in [0.2, 0.25) is 0 Å². The van der Waals surface area contributed by atoms with Crippen LogP contribution in [0.25, 0.3) is 79.9 Å². The summed E-state index contributed by atoms with van der Waals surface area (Å²) in [6, 6.07) is 65.9. The first-order valence-corrected chi connectivity index (χ1v) is 19.3. The molecule has 0 amide bonds. The van der Waals surface area contributed by atoms with Crippen molar-refractivity contribution in [3.05, 3.63) is 182 Å². The van der Waals surface area contributed by atoms with Crippen molar-refractivity contribution >= 4 is 94.6 Å². The van der Waals surface area contributed by atoms with E-state index in [1.807, 2.05) is 6.07 Å². The normalized spacial score (nSPS) is 11.8. The number of aromatic nitrogens is 1. The molecule has 0 saturated carbocycles. The van der Waals surface area contributed by atoms with E-state index in [2.05, 4.69) is 185 Å². The number of anilines is 3. The molecule has 0 atom stereocenters. The molecule has 0 unspecified atom stereocenters. The van der Waals surface area contributed by atoms with Crippen molar-refractivity contribution in [2.24, 2.45) is 0 Å². The molecule has 3 heterocycles. The Morgan fingerprint density at radius 2 is 1.08 bits per heavy atom. The number of furan rings is 1. The van der Waals surface area contributed by atoms with Crippen molar-refractivity contribution in [3.63, 3.8) is 0 Å². The van der Waals surface area contributed by atoms with Crippen LogP contribution in [0.5, 0.6) is 0 Å². The van der Waals surface area contributed by atoms with Crippen LogP contribution in [-0.2, 0) is 0 Å². The molecule has 0 bridgehead atoms. The molecule has 0 N–H and O–H groups in total. The standard InChI is InChI=1S/C48H30N2OSe/c1-2-11-33(12-3-1)50-41-16-7-4-13-36(41)37-28-26-35(30-43(37)50)49(42-17-10-19-45-48(42)40-15-5-8-18-44(40)51-45)34-24-21-31(22-25-34)32-23-27-39-38-14-6-9-20-46(38)52-47(39)29-32/h1-30H. The molecule has 0 saturated heterocycles. The van der Waals surface area contributed by atoms with Gasteiger partial charge >= 0.3 is 218 Å². The molecular weight excluding hydrogens is 700 g/mol. The number of nitrogens with zero attached hydrogens (tertiary/aromatic N) is 2. The van der Waals surface area contributed by atoms with Crippen molar-refractivity contribution in [2.75, 3.05) is 4.90 Å². The third-order valence-electron chi connectivity index (χ3n) is 10.4. The Balaban J connectivity index is 1.12. The Hall–Kier alpha value is -6.32. The number of benzene rings is 8. The van der Waals surface area contributed by atoms with Gasteiger partial charge in [-0.15, -0.1) is 0 Å². The Morgan fingerprint density at radius 1 is 0.423 bits per heavy atom. The molecule has 11 aromatic rings. The molecule has 4 heteroatoms. The van der Waals surface area contributed by atoms with Crippen LogP contribution in [0.1, 0.15) is 0 Å². The van der Waals surface area contributed by atoms with Gasteiger partial charge in [0.05, 0.1) is 5.52 Å². The van der Waals surface area contributed by atoms with E-state index in [4.69, 9.17) is 4.42 Å². The van der Waals surface area contributed by atoms with E-state index in [1.54, 1.807) is 0 Å². The van der Waals surface area contributed by atoms with Gasteiger partial charge in [-0.05, 0) is 24.3 Å². The maximum atomic E-state index is 6.41. The first-order valence-electron chi connectivity index (χ1n) is 17.6. The van der Waals surface area contributed by atoms with E-state index >= 15 is 0 Å². The molecule has 0 aliphatic rings. The summed E-state index contributed by atoms with van der Waals surface area (Å²) in [5.74, 6) is 0. The van der Waals surface area contributed by atoms with Gasteiger partial charge in [0.15, 0.2) is 0 Å². The molecule has 52 heavy (non-hydrogen) atoms. The molecule has 0 radical (unpaired) electrons. The monoisotopic (exact) mass is 730 g/mol. The van der Waals surface area contributed by atoms with E-state index in [0.717, 1.165) is 50.2 Å². The number of rotatable bonds is 5. The smallest absolute Gasteiger partial charge is 0.0380 e. The van der Waals surface area contributed by atoms with Crippen LogP contribution in [0, 0.1) is 0 Å². The van der Waals surface area contributed by atoms with E-state index in [1.165, 1.54) is 46.7 Å². The summed E-state index contributed by atoms with van der Waals surface area (Å²) in [6.07, 6.45) is 0. The SMILES string of the molecule is c1ccc(-n2c3ccccc3c3ccc(N(c4ccc(-c5ccc6c(c5)[se]c5ccccc56)cc4)c4cccc5oc6ccccc6c45)cc32)cc1. The Labute approximate surface area is 305 Å². The average Bonchev–Trinajstić information content (AvgIpc) is 3.88. The van der Waals surface area contributed by atoms with Gasteiger partial charge in [-0.2, -0.15) is 0 Å². The maximum absolute atomic E-state index is 6.41. The molecule has 3 aromatic heterocycles. The molecule has 0 fully saturated rings. The summed E-state index contributed by atoms with van der Waals surface area (Å²) in [5, 5.41) is 7.45. The molecule has 0 aliphatic carbocycles. The quantitative estimate of drug-likeness (QED) is 0.165. The first kappa shape index (κ1) is 29.4. The Morgan fingerprint density at radius 3 is 1.96 bits per heavy atom. The van der Waals surface area contributed by atoms with Crippen LogP contribution in [0.4, 0.5) is 17.1 Å². The number of para-hydroxylation sites is 3. The maximum Gasteiger partial charge on any atom is -0.0380 e. The molecular formula is C48H30N2OSe. The fraction of sp³-hybridized carbons (Fsp3) is 0. The molecule has 0 aliphatic heterocycles. The second-order valence-corrected chi connectivity index (χ2v) is 15.6. The topological polar surface area (TPSA) is 21.3 Å². The number of fused-ring (bicyclic) bond motifs is 9. The Bertz CT molecular complexity index is 3130. The summed E-state index contributed by atoms with van der Waals surface area (Å²) >= 11 is 0.325. The summed E-state index contributed by atoms with van der Waals surface area (Å²) in [5.41, 5.74) is 11.0. The van der Waals surface area contributed by atoms with Crippen LogP contribution in [-0.4, -0.2) is 19.1 Å². The van der Waals surface area contributed by atoms with E-state index in [9.17, 15) is 0 Å².